The van der Waals surface area contributed by atoms with Gasteiger partial charge in [0.15, 0.2) is 5.84 Å². The number of carbonyl (C=O) groups is 1. The number of rotatable bonds is 4. The Morgan fingerprint density at radius 2 is 1.61 bits per heavy atom. The van der Waals surface area contributed by atoms with Crippen LogP contribution in [0.5, 0.6) is 5.75 Å². The molecule has 0 fully saturated rings. The molecular formula is C23H17FN2O2. The Kier molecular flexibility index (Phi) is 4.72. The zero-order valence-corrected chi connectivity index (χ0v) is 15.2. The predicted octanol–water partition coefficient (Wildman–Crippen LogP) is 4.67. The van der Waals surface area contributed by atoms with Crippen LogP contribution in [-0.4, -0.2) is 18.9 Å². The molecule has 0 radical (unpaired) electrons. The van der Waals surface area contributed by atoms with E-state index in [1.807, 2.05) is 30.3 Å². The van der Waals surface area contributed by atoms with Gasteiger partial charge in [-0.15, -0.1) is 0 Å². The maximum Gasteiger partial charge on any atom is 0.282 e. The van der Waals surface area contributed by atoms with Crippen molar-refractivity contribution >= 4 is 23.5 Å². The van der Waals surface area contributed by atoms with Gasteiger partial charge in [-0.1, -0.05) is 42.5 Å². The minimum absolute atomic E-state index is 0.250. The first-order valence-corrected chi connectivity index (χ1v) is 8.76. The van der Waals surface area contributed by atoms with Crippen molar-refractivity contribution in [2.24, 2.45) is 4.99 Å². The highest BCUT2D eigenvalue weighted by Crippen LogP contribution is 2.29. The highest BCUT2D eigenvalue weighted by Gasteiger charge is 2.33. The molecule has 0 saturated heterocycles. The fraction of sp³-hybridized carbons (Fsp3) is 0.0435. The number of nitrogens with zero attached hydrogens (tertiary/aromatic N) is 2. The Hall–Kier alpha value is -3.73. The lowest BCUT2D eigenvalue weighted by atomic mass is 10.1. The van der Waals surface area contributed by atoms with Gasteiger partial charge < -0.3 is 4.74 Å². The van der Waals surface area contributed by atoms with Gasteiger partial charge in [-0.25, -0.2) is 9.38 Å². The van der Waals surface area contributed by atoms with Gasteiger partial charge in [0.2, 0.25) is 0 Å². The molecule has 28 heavy (non-hydrogen) atoms. The first kappa shape index (κ1) is 17.7. The molecule has 0 saturated carbocycles. The number of halogens is 1. The smallest absolute Gasteiger partial charge is 0.282 e. The van der Waals surface area contributed by atoms with Gasteiger partial charge >= 0.3 is 0 Å². The van der Waals surface area contributed by atoms with E-state index in [-0.39, 0.29) is 23.0 Å². The van der Waals surface area contributed by atoms with E-state index >= 15 is 0 Å². The molecule has 5 heteroatoms. The quantitative estimate of drug-likeness (QED) is 0.625. The van der Waals surface area contributed by atoms with Gasteiger partial charge in [0.1, 0.15) is 17.3 Å². The van der Waals surface area contributed by atoms with Crippen molar-refractivity contribution in [2.45, 2.75) is 0 Å². The summed E-state index contributed by atoms with van der Waals surface area (Å²) in [5, 5.41) is 0. The molecule has 0 aromatic heterocycles. The third kappa shape index (κ3) is 3.30. The van der Waals surface area contributed by atoms with Crippen LogP contribution in [0.1, 0.15) is 11.1 Å². The van der Waals surface area contributed by atoms with Crippen molar-refractivity contribution in [1.29, 1.82) is 0 Å². The predicted molar refractivity (Wildman–Crippen MR) is 108 cm³/mol. The standard InChI is InChI=1S/C23H17FN2O2/c1-28-18-13-11-17(12-14-18)26-22(19-9-5-6-10-20(19)24)25-21(23(26)27)15-16-7-3-2-4-8-16/h2-15H,1H3/b21-15+. The van der Waals surface area contributed by atoms with Gasteiger partial charge in [0, 0.05) is 0 Å². The maximum atomic E-state index is 14.5. The lowest BCUT2D eigenvalue weighted by molar-refractivity contribution is -0.113. The molecule has 0 atom stereocenters. The van der Waals surface area contributed by atoms with E-state index in [4.69, 9.17) is 4.74 Å². The summed E-state index contributed by atoms with van der Waals surface area (Å²) in [6.45, 7) is 0. The topological polar surface area (TPSA) is 41.9 Å². The SMILES string of the molecule is COc1ccc(N2C(=O)/C(=C\c3ccccc3)N=C2c2ccccc2F)cc1. The van der Waals surface area contributed by atoms with Crippen molar-refractivity contribution < 1.29 is 13.9 Å². The molecule has 138 valence electrons. The molecule has 0 bridgehead atoms. The Labute approximate surface area is 162 Å². The molecule has 0 spiro atoms. The van der Waals surface area contributed by atoms with Crippen LogP contribution in [0.3, 0.4) is 0 Å². The van der Waals surface area contributed by atoms with Crippen LogP contribution >= 0.6 is 0 Å². The van der Waals surface area contributed by atoms with Crippen LogP contribution in [-0.2, 0) is 4.79 Å². The van der Waals surface area contributed by atoms with Gasteiger partial charge in [0.05, 0.1) is 18.4 Å². The molecule has 1 heterocycles. The molecule has 1 aliphatic heterocycles. The summed E-state index contributed by atoms with van der Waals surface area (Å²) < 4.78 is 19.7. The third-order valence-electron chi connectivity index (χ3n) is 4.41. The number of hydrogen-bond acceptors (Lipinski definition) is 3. The van der Waals surface area contributed by atoms with Gasteiger partial charge in [-0.2, -0.15) is 0 Å². The van der Waals surface area contributed by atoms with E-state index in [0.29, 0.717) is 11.4 Å². The summed E-state index contributed by atoms with van der Waals surface area (Å²) in [5.74, 6) is 0.177. The van der Waals surface area contributed by atoms with Crippen LogP contribution < -0.4 is 9.64 Å². The number of hydrogen-bond donors (Lipinski definition) is 0. The first-order chi connectivity index (χ1) is 13.7. The monoisotopic (exact) mass is 372 g/mol. The number of aliphatic imine (C=N–C) groups is 1. The minimum atomic E-state index is -0.437. The second-order valence-electron chi connectivity index (χ2n) is 6.19. The lowest BCUT2D eigenvalue weighted by Gasteiger charge is -2.19. The molecule has 3 aromatic carbocycles. The molecule has 3 aromatic rings. The van der Waals surface area contributed by atoms with E-state index in [1.165, 1.54) is 11.0 Å². The zero-order chi connectivity index (χ0) is 19.5. The van der Waals surface area contributed by atoms with E-state index in [0.717, 1.165) is 5.56 Å². The molecule has 1 aliphatic rings. The average molecular weight is 372 g/mol. The normalized spacial score (nSPS) is 15.1. The Bertz CT molecular complexity index is 1070. The number of ether oxygens (including phenoxy) is 1. The summed E-state index contributed by atoms with van der Waals surface area (Å²) in [4.78, 5) is 19.1. The van der Waals surface area contributed by atoms with Crippen LogP contribution in [0.15, 0.2) is 89.6 Å². The van der Waals surface area contributed by atoms with Crippen molar-refractivity contribution in [2.75, 3.05) is 12.0 Å². The van der Waals surface area contributed by atoms with Crippen LogP contribution in [0, 0.1) is 5.82 Å². The number of methoxy groups -OCH3 is 1. The van der Waals surface area contributed by atoms with E-state index in [2.05, 4.69) is 4.99 Å². The number of carbonyl (C=O) groups excluding carboxylic acids is 1. The molecular weight excluding hydrogens is 355 g/mol. The first-order valence-electron chi connectivity index (χ1n) is 8.76. The van der Waals surface area contributed by atoms with Crippen molar-refractivity contribution in [3.05, 3.63) is 102 Å². The summed E-state index contributed by atoms with van der Waals surface area (Å²) in [7, 11) is 1.57. The van der Waals surface area contributed by atoms with E-state index in [1.54, 1.807) is 55.7 Å². The van der Waals surface area contributed by atoms with Gasteiger partial charge in [0.25, 0.3) is 5.91 Å². The fourth-order valence-corrected chi connectivity index (χ4v) is 3.02. The fourth-order valence-electron chi connectivity index (χ4n) is 3.02. The van der Waals surface area contributed by atoms with Crippen LogP contribution in [0.2, 0.25) is 0 Å². The van der Waals surface area contributed by atoms with Crippen LogP contribution in [0.25, 0.3) is 6.08 Å². The molecule has 0 N–H and O–H groups in total. The second-order valence-corrected chi connectivity index (χ2v) is 6.19. The highest BCUT2D eigenvalue weighted by atomic mass is 19.1. The third-order valence-corrected chi connectivity index (χ3v) is 4.41. The maximum absolute atomic E-state index is 14.5. The number of anilines is 1. The van der Waals surface area contributed by atoms with Crippen LogP contribution in [0.4, 0.5) is 10.1 Å². The lowest BCUT2D eigenvalue weighted by Crippen LogP contribution is -2.33. The number of amidine groups is 1. The van der Waals surface area contributed by atoms with Gasteiger partial charge in [-0.3, -0.25) is 9.69 Å². The molecule has 4 rings (SSSR count). The van der Waals surface area contributed by atoms with E-state index in [9.17, 15) is 9.18 Å². The Balaban J connectivity index is 1.83. The summed E-state index contributed by atoms with van der Waals surface area (Å²) >= 11 is 0. The van der Waals surface area contributed by atoms with E-state index < -0.39 is 5.82 Å². The molecule has 0 unspecified atom stereocenters. The number of benzene rings is 3. The summed E-state index contributed by atoms with van der Waals surface area (Å²) in [6.07, 6.45) is 1.70. The summed E-state index contributed by atoms with van der Waals surface area (Å²) in [6, 6.07) is 22.7. The molecule has 0 aliphatic carbocycles. The highest BCUT2D eigenvalue weighted by molar-refractivity contribution is 6.33. The molecule has 1 amide bonds. The second kappa shape index (κ2) is 7.48. The van der Waals surface area contributed by atoms with Crippen molar-refractivity contribution in [3.63, 3.8) is 0 Å². The van der Waals surface area contributed by atoms with Crippen molar-refractivity contribution in [3.8, 4) is 5.75 Å². The summed E-state index contributed by atoms with van der Waals surface area (Å²) in [5.41, 5.74) is 1.95. The number of amides is 1. The largest absolute Gasteiger partial charge is 0.497 e. The Morgan fingerprint density at radius 1 is 0.929 bits per heavy atom. The Morgan fingerprint density at radius 3 is 2.29 bits per heavy atom. The zero-order valence-electron chi connectivity index (χ0n) is 15.2. The van der Waals surface area contributed by atoms with Gasteiger partial charge in [-0.05, 0) is 48.0 Å². The minimum Gasteiger partial charge on any atom is -0.497 e. The van der Waals surface area contributed by atoms with Crippen molar-refractivity contribution in [1.82, 2.24) is 0 Å². The average Bonchev–Trinajstić information content (AvgIpc) is 3.05. The molecule has 4 nitrogen and oxygen atoms in total.